The fraction of sp³-hybridized carbons (Fsp3) is 0.235. The summed E-state index contributed by atoms with van der Waals surface area (Å²) in [6, 6.07) is 7.80. The molecule has 0 atom stereocenters. The SMILES string of the molecule is C/C=C(\N)N1CCn2cnc(C(=O)Nc3nc4ccccc4s3)c2C1. The van der Waals surface area contributed by atoms with E-state index in [2.05, 4.69) is 15.3 Å². The maximum Gasteiger partial charge on any atom is 0.277 e. The predicted molar refractivity (Wildman–Crippen MR) is 98.2 cm³/mol. The summed E-state index contributed by atoms with van der Waals surface area (Å²) in [6.45, 7) is 4.03. The van der Waals surface area contributed by atoms with Crippen molar-refractivity contribution in [2.45, 2.75) is 20.0 Å². The molecular formula is C17H18N6OS. The third kappa shape index (κ3) is 2.85. The Hall–Kier alpha value is -2.87. The van der Waals surface area contributed by atoms with Crippen LogP contribution < -0.4 is 11.1 Å². The molecule has 1 aliphatic heterocycles. The Morgan fingerprint density at radius 3 is 3.00 bits per heavy atom. The molecule has 7 nitrogen and oxygen atoms in total. The van der Waals surface area contributed by atoms with Gasteiger partial charge in [-0.2, -0.15) is 0 Å². The van der Waals surface area contributed by atoms with E-state index >= 15 is 0 Å². The largest absolute Gasteiger partial charge is 0.386 e. The van der Waals surface area contributed by atoms with E-state index in [1.807, 2.05) is 46.7 Å². The monoisotopic (exact) mass is 354 g/mol. The molecule has 0 spiro atoms. The van der Waals surface area contributed by atoms with E-state index in [0.29, 0.717) is 23.2 Å². The van der Waals surface area contributed by atoms with Crippen molar-refractivity contribution in [1.82, 2.24) is 19.4 Å². The van der Waals surface area contributed by atoms with Crippen molar-refractivity contribution in [3.05, 3.63) is 53.9 Å². The lowest BCUT2D eigenvalue weighted by Gasteiger charge is -2.30. The van der Waals surface area contributed by atoms with Gasteiger partial charge in [-0.3, -0.25) is 10.1 Å². The van der Waals surface area contributed by atoms with Crippen LogP contribution in [0.2, 0.25) is 0 Å². The summed E-state index contributed by atoms with van der Waals surface area (Å²) in [4.78, 5) is 23.5. The Bertz CT molecular complexity index is 940. The highest BCUT2D eigenvalue weighted by molar-refractivity contribution is 7.22. The molecule has 3 N–H and O–H groups in total. The van der Waals surface area contributed by atoms with E-state index in [1.54, 1.807) is 6.33 Å². The number of thiazole rings is 1. The van der Waals surface area contributed by atoms with Gasteiger partial charge in [0.1, 0.15) is 0 Å². The molecule has 3 aromatic rings. The van der Waals surface area contributed by atoms with Gasteiger partial charge in [-0.1, -0.05) is 23.5 Å². The number of para-hydroxylation sites is 1. The van der Waals surface area contributed by atoms with Crippen molar-refractivity contribution in [2.24, 2.45) is 5.73 Å². The number of rotatable bonds is 3. The first-order valence-corrected chi connectivity index (χ1v) is 8.85. The molecule has 0 fully saturated rings. The second kappa shape index (κ2) is 6.21. The Morgan fingerprint density at radius 2 is 2.20 bits per heavy atom. The van der Waals surface area contributed by atoms with Gasteiger partial charge < -0.3 is 15.2 Å². The summed E-state index contributed by atoms with van der Waals surface area (Å²) >= 11 is 1.45. The van der Waals surface area contributed by atoms with Gasteiger partial charge in [0.2, 0.25) is 0 Å². The minimum absolute atomic E-state index is 0.242. The number of hydrogen-bond donors (Lipinski definition) is 2. The number of fused-ring (bicyclic) bond motifs is 2. The molecule has 1 aliphatic rings. The van der Waals surface area contributed by atoms with E-state index in [9.17, 15) is 4.79 Å². The van der Waals surface area contributed by atoms with Crippen LogP contribution in [0, 0.1) is 0 Å². The van der Waals surface area contributed by atoms with Crippen molar-refractivity contribution in [1.29, 1.82) is 0 Å². The van der Waals surface area contributed by atoms with Gasteiger partial charge in [0.15, 0.2) is 10.8 Å². The van der Waals surface area contributed by atoms with Crippen LogP contribution >= 0.6 is 11.3 Å². The smallest absolute Gasteiger partial charge is 0.277 e. The van der Waals surface area contributed by atoms with Gasteiger partial charge in [-0.15, -0.1) is 0 Å². The Labute approximate surface area is 148 Å². The number of imidazole rings is 1. The lowest BCUT2D eigenvalue weighted by atomic mass is 10.2. The third-order valence-corrected chi connectivity index (χ3v) is 5.24. The molecule has 0 unspecified atom stereocenters. The lowest BCUT2D eigenvalue weighted by molar-refractivity contribution is 0.102. The molecule has 25 heavy (non-hydrogen) atoms. The summed E-state index contributed by atoms with van der Waals surface area (Å²) in [7, 11) is 0. The first-order valence-electron chi connectivity index (χ1n) is 8.03. The third-order valence-electron chi connectivity index (χ3n) is 4.29. The van der Waals surface area contributed by atoms with Crippen LogP contribution in [0.25, 0.3) is 10.2 Å². The first kappa shape index (κ1) is 15.6. The number of amides is 1. The maximum atomic E-state index is 12.7. The number of allylic oxidation sites excluding steroid dienone is 1. The number of carbonyl (C=O) groups is 1. The number of aromatic nitrogens is 3. The minimum Gasteiger partial charge on any atom is -0.386 e. The molecule has 0 saturated carbocycles. The summed E-state index contributed by atoms with van der Waals surface area (Å²) in [6.07, 6.45) is 3.58. The zero-order valence-electron chi connectivity index (χ0n) is 13.8. The number of carbonyl (C=O) groups excluding carboxylic acids is 1. The number of benzene rings is 1. The lowest BCUT2D eigenvalue weighted by Crippen LogP contribution is -2.36. The topological polar surface area (TPSA) is 89.1 Å². The van der Waals surface area contributed by atoms with Crippen LogP contribution in [0.5, 0.6) is 0 Å². The summed E-state index contributed by atoms with van der Waals surface area (Å²) in [5.41, 5.74) is 8.19. The summed E-state index contributed by atoms with van der Waals surface area (Å²) in [5, 5.41) is 3.45. The molecule has 3 heterocycles. The average molecular weight is 354 g/mol. The fourth-order valence-corrected chi connectivity index (χ4v) is 3.79. The zero-order valence-corrected chi connectivity index (χ0v) is 14.6. The zero-order chi connectivity index (χ0) is 17.4. The van der Waals surface area contributed by atoms with E-state index in [-0.39, 0.29) is 5.91 Å². The molecule has 2 aromatic heterocycles. The summed E-state index contributed by atoms with van der Waals surface area (Å²) in [5.74, 6) is 0.471. The molecule has 0 radical (unpaired) electrons. The van der Waals surface area contributed by atoms with Gasteiger partial charge in [-0.05, 0) is 25.1 Å². The van der Waals surface area contributed by atoms with E-state index in [1.165, 1.54) is 11.3 Å². The molecule has 1 aromatic carbocycles. The Kier molecular flexibility index (Phi) is 3.89. The van der Waals surface area contributed by atoms with Crippen molar-refractivity contribution in [3.63, 3.8) is 0 Å². The normalized spacial score (nSPS) is 14.6. The Balaban J connectivity index is 1.58. The molecule has 1 amide bonds. The van der Waals surface area contributed by atoms with Crippen molar-refractivity contribution >= 4 is 32.6 Å². The molecule has 128 valence electrons. The molecule has 4 rings (SSSR count). The van der Waals surface area contributed by atoms with Crippen LogP contribution in [0.15, 0.2) is 42.5 Å². The number of anilines is 1. The quantitative estimate of drug-likeness (QED) is 0.754. The van der Waals surface area contributed by atoms with Crippen molar-refractivity contribution in [2.75, 3.05) is 11.9 Å². The van der Waals surface area contributed by atoms with Gasteiger partial charge in [0.25, 0.3) is 5.91 Å². The molecule has 0 bridgehead atoms. The van der Waals surface area contributed by atoms with Crippen LogP contribution in [0.4, 0.5) is 5.13 Å². The number of nitrogens with two attached hydrogens (primary N) is 1. The van der Waals surface area contributed by atoms with Crippen LogP contribution in [0.3, 0.4) is 0 Å². The second-order valence-corrected chi connectivity index (χ2v) is 6.84. The second-order valence-electron chi connectivity index (χ2n) is 5.81. The molecule has 8 heteroatoms. The number of nitrogens with zero attached hydrogens (tertiary/aromatic N) is 4. The highest BCUT2D eigenvalue weighted by Gasteiger charge is 2.24. The standard InChI is InChI=1S/C17H18N6OS/c1-2-14(18)22-7-8-23-10-19-15(12(23)9-22)16(24)21-17-20-11-5-3-4-6-13(11)25-17/h2-6,10H,7-9,18H2,1H3,(H,20,21,24)/b14-2+. The maximum absolute atomic E-state index is 12.7. The van der Waals surface area contributed by atoms with Gasteiger partial charge >= 0.3 is 0 Å². The first-order chi connectivity index (χ1) is 12.2. The van der Waals surface area contributed by atoms with Crippen molar-refractivity contribution in [3.8, 4) is 0 Å². The van der Waals surface area contributed by atoms with Crippen LogP contribution in [-0.4, -0.2) is 31.9 Å². The fourth-order valence-electron chi connectivity index (χ4n) is 2.93. The van der Waals surface area contributed by atoms with Crippen LogP contribution in [-0.2, 0) is 13.1 Å². The van der Waals surface area contributed by atoms with E-state index < -0.39 is 0 Å². The average Bonchev–Trinajstić information content (AvgIpc) is 3.23. The van der Waals surface area contributed by atoms with Gasteiger partial charge in [-0.25, -0.2) is 9.97 Å². The minimum atomic E-state index is -0.242. The van der Waals surface area contributed by atoms with Crippen molar-refractivity contribution < 1.29 is 4.79 Å². The van der Waals surface area contributed by atoms with E-state index in [4.69, 9.17) is 5.73 Å². The molecular weight excluding hydrogens is 336 g/mol. The highest BCUT2D eigenvalue weighted by Crippen LogP contribution is 2.26. The predicted octanol–water partition coefficient (Wildman–Crippen LogP) is 2.38. The highest BCUT2D eigenvalue weighted by atomic mass is 32.1. The molecule has 0 aliphatic carbocycles. The van der Waals surface area contributed by atoms with Crippen LogP contribution in [0.1, 0.15) is 23.1 Å². The molecule has 0 saturated heterocycles. The van der Waals surface area contributed by atoms with E-state index in [0.717, 1.165) is 29.0 Å². The number of nitrogens with one attached hydrogen (secondary N) is 1. The van der Waals surface area contributed by atoms with Gasteiger partial charge in [0, 0.05) is 13.1 Å². The number of hydrogen-bond acceptors (Lipinski definition) is 6. The van der Waals surface area contributed by atoms with Gasteiger partial charge in [0.05, 0.1) is 34.6 Å². The Morgan fingerprint density at radius 1 is 1.36 bits per heavy atom. The summed E-state index contributed by atoms with van der Waals surface area (Å²) < 4.78 is 3.05.